The number of carbonyl (C=O) groups is 4. The van der Waals surface area contributed by atoms with Crippen LogP contribution in [0.15, 0.2) is 24.4 Å². The molecule has 2 aliphatic rings. The fourth-order valence-electron chi connectivity index (χ4n) is 3.28. The fourth-order valence-corrected chi connectivity index (χ4v) is 3.28. The van der Waals surface area contributed by atoms with Gasteiger partial charge in [0.15, 0.2) is 5.69 Å². The molecule has 1 aromatic heterocycles. The average Bonchev–Trinajstić information content (AvgIpc) is 3.21. The number of nitrogens with zero attached hydrogens (tertiary/aromatic N) is 4. The molecule has 2 aromatic rings. The second kappa shape index (κ2) is 5.76. The summed E-state index contributed by atoms with van der Waals surface area (Å²) in [4.78, 5) is 48.9. The van der Waals surface area contributed by atoms with Crippen molar-refractivity contribution in [1.29, 1.82) is 0 Å². The molecule has 3 heterocycles. The maximum Gasteiger partial charge on any atom is 0.270 e. The minimum absolute atomic E-state index is 0.00829. The van der Waals surface area contributed by atoms with E-state index in [4.69, 9.17) is 5.73 Å². The smallest absolute Gasteiger partial charge is 0.270 e. The average molecular weight is 354 g/mol. The first-order valence-corrected chi connectivity index (χ1v) is 7.95. The molecule has 1 aromatic carbocycles. The lowest BCUT2D eigenvalue weighted by atomic mass is 10.0. The van der Waals surface area contributed by atoms with Crippen LogP contribution in [0.25, 0.3) is 5.69 Å². The molecule has 1 fully saturated rings. The summed E-state index contributed by atoms with van der Waals surface area (Å²) in [5.74, 6) is -1.80. The van der Waals surface area contributed by atoms with Gasteiger partial charge >= 0.3 is 0 Å². The molecule has 0 aliphatic carbocycles. The Bertz CT molecular complexity index is 965. The maximum atomic E-state index is 12.8. The van der Waals surface area contributed by atoms with Gasteiger partial charge in [0, 0.05) is 24.1 Å². The van der Waals surface area contributed by atoms with Gasteiger partial charge in [-0.05, 0) is 18.6 Å². The molecule has 0 saturated carbocycles. The van der Waals surface area contributed by atoms with Crippen molar-refractivity contribution in [2.24, 2.45) is 5.73 Å². The van der Waals surface area contributed by atoms with Crippen LogP contribution in [-0.4, -0.2) is 49.6 Å². The van der Waals surface area contributed by atoms with E-state index in [1.165, 1.54) is 15.8 Å². The number of hydrogen-bond acceptors (Lipinski definition) is 6. The van der Waals surface area contributed by atoms with Gasteiger partial charge in [-0.3, -0.25) is 24.5 Å². The Balaban J connectivity index is 1.69. The SMILES string of the molecule is NC(=O)c1cn(-c2cccc3c2CN(C2CCC(=O)NC2=O)C3=O)nn1. The Morgan fingerprint density at radius 1 is 1.27 bits per heavy atom. The summed E-state index contributed by atoms with van der Waals surface area (Å²) in [6, 6.07) is 4.39. The van der Waals surface area contributed by atoms with Crippen molar-refractivity contribution in [1.82, 2.24) is 25.2 Å². The van der Waals surface area contributed by atoms with Crippen LogP contribution < -0.4 is 11.1 Å². The van der Waals surface area contributed by atoms with Gasteiger partial charge in [-0.25, -0.2) is 4.68 Å². The first kappa shape index (κ1) is 15.9. The van der Waals surface area contributed by atoms with Crippen LogP contribution >= 0.6 is 0 Å². The fraction of sp³-hybridized carbons (Fsp3) is 0.250. The van der Waals surface area contributed by atoms with E-state index >= 15 is 0 Å². The van der Waals surface area contributed by atoms with Crippen LogP contribution in [0.3, 0.4) is 0 Å². The van der Waals surface area contributed by atoms with E-state index < -0.39 is 17.9 Å². The summed E-state index contributed by atoms with van der Waals surface area (Å²) in [6.45, 7) is 0.197. The highest BCUT2D eigenvalue weighted by Crippen LogP contribution is 2.31. The van der Waals surface area contributed by atoms with Crippen molar-refractivity contribution >= 4 is 23.6 Å². The van der Waals surface area contributed by atoms with E-state index in [0.29, 0.717) is 16.8 Å². The van der Waals surface area contributed by atoms with E-state index in [0.717, 1.165) is 0 Å². The number of piperidine rings is 1. The number of benzene rings is 1. The summed E-state index contributed by atoms with van der Waals surface area (Å²) >= 11 is 0. The molecule has 0 spiro atoms. The first-order chi connectivity index (χ1) is 12.5. The molecule has 1 saturated heterocycles. The molecule has 10 nitrogen and oxygen atoms in total. The zero-order chi connectivity index (χ0) is 18.4. The second-order valence-electron chi connectivity index (χ2n) is 6.12. The van der Waals surface area contributed by atoms with Crippen molar-refractivity contribution in [3.05, 3.63) is 41.2 Å². The number of rotatable bonds is 3. The molecule has 2 aliphatic heterocycles. The Hall–Kier alpha value is -3.56. The highest BCUT2D eigenvalue weighted by molar-refractivity contribution is 6.05. The Kier molecular flexibility index (Phi) is 3.53. The lowest BCUT2D eigenvalue weighted by Crippen LogP contribution is -2.52. The van der Waals surface area contributed by atoms with Crippen LogP contribution in [0.1, 0.15) is 39.3 Å². The number of imide groups is 1. The highest BCUT2D eigenvalue weighted by atomic mass is 16.2. The highest BCUT2D eigenvalue weighted by Gasteiger charge is 2.40. The predicted molar refractivity (Wildman–Crippen MR) is 85.9 cm³/mol. The van der Waals surface area contributed by atoms with Crippen LogP contribution in [0.4, 0.5) is 0 Å². The molecule has 10 heteroatoms. The van der Waals surface area contributed by atoms with E-state index in [1.54, 1.807) is 18.2 Å². The minimum Gasteiger partial charge on any atom is -0.364 e. The van der Waals surface area contributed by atoms with Crippen molar-refractivity contribution in [3.8, 4) is 5.69 Å². The molecular formula is C16H14N6O4. The monoisotopic (exact) mass is 354 g/mol. The van der Waals surface area contributed by atoms with Gasteiger partial charge in [-0.15, -0.1) is 5.10 Å². The third-order valence-electron chi connectivity index (χ3n) is 4.55. The van der Waals surface area contributed by atoms with E-state index in [1.807, 2.05) is 0 Å². The quantitative estimate of drug-likeness (QED) is 0.686. The molecule has 0 radical (unpaired) electrons. The Morgan fingerprint density at radius 2 is 2.08 bits per heavy atom. The van der Waals surface area contributed by atoms with Gasteiger partial charge in [-0.1, -0.05) is 11.3 Å². The Morgan fingerprint density at radius 3 is 2.77 bits per heavy atom. The van der Waals surface area contributed by atoms with Crippen LogP contribution in [0, 0.1) is 0 Å². The molecule has 0 bridgehead atoms. The lowest BCUT2D eigenvalue weighted by Gasteiger charge is -2.29. The molecule has 3 N–H and O–H groups in total. The van der Waals surface area contributed by atoms with Crippen molar-refractivity contribution in [3.63, 3.8) is 0 Å². The lowest BCUT2D eigenvalue weighted by molar-refractivity contribution is -0.136. The molecule has 4 amide bonds. The third kappa shape index (κ3) is 2.42. The number of aromatic nitrogens is 3. The predicted octanol–water partition coefficient (Wildman–Crippen LogP) is -0.873. The number of nitrogens with one attached hydrogen (secondary N) is 1. The van der Waals surface area contributed by atoms with Crippen molar-refractivity contribution < 1.29 is 19.2 Å². The normalized spacial score (nSPS) is 19.5. The number of fused-ring (bicyclic) bond motifs is 1. The molecule has 1 unspecified atom stereocenters. The molecular weight excluding hydrogens is 340 g/mol. The van der Waals surface area contributed by atoms with Crippen molar-refractivity contribution in [2.75, 3.05) is 0 Å². The largest absolute Gasteiger partial charge is 0.364 e. The first-order valence-electron chi connectivity index (χ1n) is 7.95. The van der Waals surface area contributed by atoms with E-state index in [-0.39, 0.29) is 36.9 Å². The molecule has 26 heavy (non-hydrogen) atoms. The number of amides is 4. The van der Waals surface area contributed by atoms with Crippen LogP contribution in [0.2, 0.25) is 0 Å². The summed E-state index contributed by atoms with van der Waals surface area (Å²) < 4.78 is 1.38. The molecule has 4 rings (SSSR count). The second-order valence-corrected chi connectivity index (χ2v) is 6.12. The minimum atomic E-state index is -0.704. The summed E-state index contributed by atoms with van der Waals surface area (Å²) in [5, 5.41) is 9.85. The maximum absolute atomic E-state index is 12.8. The number of nitrogens with two attached hydrogens (primary N) is 1. The third-order valence-corrected chi connectivity index (χ3v) is 4.55. The molecule has 132 valence electrons. The Labute approximate surface area is 146 Å². The number of carbonyl (C=O) groups excluding carboxylic acids is 4. The topological polar surface area (TPSA) is 140 Å². The van der Waals surface area contributed by atoms with Gasteiger partial charge in [0.1, 0.15) is 6.04 Å². The van der Waals surface area contributed by atoms with Gasteiger partial charge in [0.2, 0.25) is 11.8 Å². The van der Waals surface area contributed by atoms with Crippen LogP contribution in [-0.2, 0) is 16.1 Å². The number of hydrogen-bond donors (Lipinski definition) is 2. The van der Waals surface area contributed by atoms with Gasteiger partial charge in [-0.2, -0.15) is 0 Å². The van der Waals surface area contributed by atoms with E-state index in [2.05, 4.69) is 15.6 Å². The summed E-state index contributed by atoms with van der Waals surface area (Å²) in [6.07, 6.45) is 1.86. The summed E-state index contributed by atoms with van der Waals surface area (Å²) in [5.41, 5.74) is 6.90. The zero-order valence-electron chi connectivity index (χ0n) is 13.5. The van der Waals surface area contributed by atoms with Gasteiger partial charge in [0.05, 0.1) is 11.9 Å². The van der Waals surface area contributed by atoms with Crippen LogP contribution in [0.5, 0.6) is 0 Å². The standard InChI is InChI=1S/C16H14N6O4/c17-14(24)10-7-22(20-19-10)11-3-1-2-8-9(11)6-21(16(8)26)12-4-5-13(23)18-15(12)25/h1-3,7,12H,4-6H2,(H2,17,24)(H,18,23,25). The number of primary amides is 1. The van der Waals surface area contributed by atoms with Gasteiger partial charge in [0.25, 0.3) is 11.8 Å². The molecule has 1 atom stereocenters. The van der Waals surface area contributed by atoms with E-state index in [9.17, 15) is 19.2 Å². The zero-order valence-corrected chi connectivity index (χ0v) is 13.5. The van der Waals surface area contributed by atoms with Gasteiger partial charge < -0.3 is 10.6 Å². The van der Waals surface area contributed by atoms with Crippen molar-refractivity contribution in [2.45, 2.75) is 25.4 Å². The summed E-state index contributed by atoms with van der Waals surface area (Å²) in [7, 11) is 0.